The minimum atomic E-state index is -0.779. The maximum atomic E-state index is 12.2. The highest BCUT2D eigenvalue weighted by molar-refractivity contribution is 7.85. The molecule has 2 N–H and O–H groups in total. The second-order valence-electron chi connectivity index (χ2n) is 5.94. The fourth-order valence-electron chi connectivity index (χ4n) is 3.06. The summed E-state index contributed by atoms with van der Waals surface area (Å²) in [5.41, 5.74) is 1.71. The van der Waals surface area contributed by atoms with E-state index in [0.29, 0.717) is 5.75 Å². The van der Waals surface area contributed by atoms with Crippen molar-refractivity contribution in [1.82, 2.24) is 5.32 Å². The van der Waals surface area contributed by atoms with E-state index in [9.17, 15) is 9.00 Å². The summed E-state index contributed by atoms with van der Waals surface area (Å²) in [6.45, 7) is 3.89. The van der Waals surface area contributed by atoms with Crippen LogP contribution in [0.5, 0.6) is 5.75 Å². The lowest BCUT2D eigenvalue weighted by atomic mass is 9.95. The predicted molar refractivity (Wildman–Crippen MR) is 94.6 cm³/mol. The van der Waals surface area contributed by atoms with Crippen LogP contribution >= 0.6 is 0 Å². The molecule has 5 nitrogen and oxygen atoms in total. The Labute approximate surface area is 140 Å². The van der Waals surface area contributed by atoms with Crippen LogP contribution in [0.25, 0.3) is 0 Å². The van der Waals surface area contributed by atoms with Crippen LogP contribution in [0.4, 0.5) is 10.5 Å². The number of anilines is 1. The molecule has 2 amide bonds. The van der Waals surface area contributed by atoms with Gasteiger partial charge in [0.1, 0.15) is 5.75 Å². The molecule has 1 aliphatic rings. The van der Waals surface area contributed by atoms with E-state index in [4.69, 9.17) is 4.74 Å². The Hall–Kier alpha value is -1.56. The number of nitrogens with one attached hydrogen (secondary N) is 2. The number of urea groups is 1. The van der Waals surface area contributed by atoms with Gasteiger partial charge in [-0.2, -0.15) is 0 Å². The van der Waals surface area contributed by atoms with E-state index in [1.165, 1.54) is 0 Å². The van der Waals surface area contributed by atoms with Crippen molar-refractivity contribution >= 4 is 22.5 Å². The molecule has 0 radical (unpaired) electrons. The van der Waals surface area contributed by atoms with Crippen molar-refractivity contribution in [3.05, 3.63) is 23.8 Å². The van der Waals surface area contributed by atoms with Gasteiger partial charge in [0.05, 0.1) is 7.11 Å². The molecule has 1 fully saturated rings. The Balaban J connectivity index is 1.89. The summed E-state index contributed by atoms with van der Waals surface area (Å²) in [6, 6.07) is 5.44. The molecule has 23 heavy (non-hydrogen) atoms. The number of benzene rings is 1. The van der Waals surface area contributed by atoms with Gasteiger partial charge in [0.25, 0.3) is 0 Å². The van der Waals surface area contributed by atoms with Crippen molar-refractivity contribution in [2.24, 2.45) is 0 Å². The Morgan fingerprint density at radius 2 is 2.17 bits per heavy atom. The number of ether oxygens (including phenoxy) is 1. The molecule has 1 saturated carbocycles. The third-order valence-corrected chi connectivity index (χ3v) is 6.01. The SMILES string of the molecule is CC[S@@](=O)[C@@H]1CCC[C@H](NC(=O)Nc2ccc(OC)c(C)c2)C1. The second-order valence-corrected chi connectivity index (χ2v) is 7.94. The van der Waals surface area contributed by atoms with Gasteiger partial charge in [0.2, 0.25) is 0 Å². The molecule has 6 heteroatoms. The fraction of sp³-hybridized carbons (Fsp3) is 0.588. The number of rotatable bonds is 5. The predicted octanol–water partition coefficient (Wildman–Crippen LogP) is 3.20. The first-order chi connectivity index (χ1) is 11.0. The zero-order valence-corrected chi connectivity index (χ0v) is 14.9. The third kappa shape index (κ3) is 4.96. The zero-order valence-electron chi connectivity index (χ0n) is 14.1. The topological polar surface area (TPSA) is 67.4 Å². The normalized spacial score (nSPS) is 22.2. The van der Waals surface area contributed by atoms with Crippen LogP contribution in [0.3, 0.4) is 0 Å². The van der Waals surface area contributed by atoms with Crippen LogP contribution in [-0.4, -0.2) is 34.4 Å². The van der Waals surface area contributed by atoms with E-state index in [1.54, 1.807) is 7.11 Å². The van der Waals surface area contributed by atoms with E-state index in [-0.39, 0.29) is 17.3 Å². The summed E-state index contributed by atoms with van der Waals surface area (Å²) in [5, 5.41) is 6.08. The number of carbonyl (C=O) groups excluding carboxylic acids is 1. The Morgan fingerprint density at radius 1 is 1.39 bits per heavy atom. The van der Waals surface area contributed by atoms with Crippen LogP contribution in [0.15, 0.2) is 18.2 Å². The highest BCUT2D eigenvalue weighted by Crippen LogP contribution is 2.24. The van der Waals surface area contributed by atoms with Gasteiger partial charge in [-0.1, -0.05) is 13.3 Å². The molecule has 0 aromatic heterocycles. The summed E-state index contributed by atoms with van der Waals surface area (Å²) < 4.78 is 17.2. The first-order valence-corrected chi connectivity index (χ1v) is 9.51. The zero-order chi connectivity index (χ0) is 16.8. The second kappa shape index (κ2) is 8.34. The molecule has 0 bridgehead atoms. The van der Waals surface area contributed by atoms with Crippen LogP contribution in [0, 0.1) is 6.92 Å². The van der Waals surface area contributed by atoms with Gasteiger partial charge in [-0.15, -0.1) is 0 Å². The van der Waals surface area contributed by atoms with Gasteiger partial charge in [0, 0.05) is 33.5 Å². The molecule has 0 saturated heterocycles. The summed E-state index contributed by atoms with van der Waals surface area (Å²) in [5.74, 6) is 1.49. The molecular formula is C17H26N2O3S. The van der Waals surface area contributed by atoms with E-state index >= 15 is 0 Å². The van der Waals surface area contributed by atoms with E-state index in [0.717, 1.165) is 42.7 Å². The molecule has 1 aliphatic carbocycles. The quantitative estimate of drug-likeness (QED) is 0.866. The van der Waals surface area contributed by atoms with Gasteiger partial charge in [-0.3, -0.25) is 4.21 Å². The summed E-state index contributed by atoms with van der Waals surface area (Å²) in [6.07, 6.45) is 3.77. The summed E-state index contributed by atoms with van der Waals surface area (Å²) >= 11 is 0. The maximum Gasteiger partial charge on any atom is 0.319 e. The Kier molecular flexibility index (Phi) is 6.45. The molecule has 1 aromatic carbocycles. The van der Waals surface area contributed by atoms with Crippen molar-refractivity contribution in [2.75, 3.05) is 18.2 Å². The van der Waals surface area contributed by atoms with Crippen molar-refractivity contribution in [3.63, 3.8) is 0 Å². The molecule has 128 valence electrons. The molecule has 0 spiro atoms. The van der Waals surface area contributed by atoms with Crippen LogP contribution in [0.2, 0.25) is 0 Å². The lowest BCUT2D eigenvalue weighted by Crippen LogP contribution is -2.42. The monoisotopic (exact) mass is 338 g/mol. The number of hydrogen-bond donors (Lipinski definition) is 2. The highest BCUT2D eigenvalue weighted by Gasteiger charge is 2.26. The fourth-order valence-corrected chi connectivity index (χ4v) is 4.41. The van der Waals surface area contributed by atoms with E-state index < -0.39 is 10.8 Å². The van der Waals surface area contributed by atoms with Crippen LogP contribution < -0.4 is 15.4 Å². The molecule has 0 unspecified atom stereocenters. The molecule has 2 rings (SSSR count). The number of carbonyl (C=O) groups is 1. The van der Waals surface area contributed by atoms with Crippen molar-refractivity contribution in [2.45, 2.75) is 50.8 Å². The number of methoxy groups -OCH3 is 1. The lowest BCUT2D eigenvalue weighted by Gasteiger charge is -2.29. The summed E-state index contributed by atoms with van der Waals surface area (Å²) in [4.78, 5) is 12.2. The first kappa shape index (κ1) is 17.8. The van der Waals surface area contributed by atoms with E-state index in [1.807, 2.05) is 32.0 Å². The number of aryl methyl sites for hydroxylation is 1. The minimum Gasteiger partial charge on any atom is -0.496 e. The average Bonchev–Trinajstić information content (AvgIpc) is 2.54. The molecule has 0 aliphatic heterocycles. The van der Waals surface area contributed by atoms with Gasteiger partial charge < -0.3 is 15.4 Å². The van der Waals surface area contributed by atoms with Gasteiger partial charge >= 0.3 is 6.03 Å². The maximum absolute atomic E-state index is 12.2. The molecular weight excluding hydrogens is 312 g/mol. The first-order valence-electron chi connectivity index (χ1n) is 8.12. The van der Waals surface area contributed by atoms with Gasteiger partial charge in [-0.25, -0.2) is 4.79 Å². The van der Waals surface area contributed by atoms with Crippen molar-refractivity contribution in [3.8, 4) is 5.75 Å². The van der Waals surface area contributed by atoms with Crippen LogP contribution in [0.1, 0.15) is 38.2 Å². The third-order valence-electron chi connectivity index (χ3n) is 4.27. The van der Waals surface area contributed by atoms with Crippen LogP contribution in [-0.2, 0) is 10.8 Å². The minimum absolute atomic E-state index is 0.101. The molecule has 3 atom stereocenters. The Morgan fingerprint density at radius 3 is 2.83 bits per heavy atom. The largest absolute Gasteiger partial charge is 0.496 e. The van der Waals surface area contributed by atoms with Gasteiger partial charge in [-0.05, 0) is 49.9 Å². The summed E-state index contributed by atoms with van der Waals surface area (Å²) in [7, 11) is 0.848. The average molecular weight is 338 g/mol. The lowest BCUT2D eigenvalue weighted by molar-refractivity contribution is 0.244. The molecule has 1 aromatic rings. The van der Waals surface area contributed by atoms with E-state index in [2.05, 4.69) is 10.6 Å². The van der Waals surface area contributed by atoms with Crippen molar-refractivity contribution in [1.29, 1.82) is 0 Å². The highest BCUT2D eigenvalue weighted by atomic mass is 32.2. The smallest absolute Gasteiger partial charge is 0.319 e. The van der Waals surface area contributed by atoms with Crippen molar-refractivity contribution < 1.29 is 13.7 Å². The molecule has 0 heterocycles. The number of amides is 2. The standard InChI is InChI=1S/C17H26N2O3S/c1-4-23(21)15-7-5-6-13(11-15)18-17(20)19-14-8-9-16(22-3)12(2)10-14/h8-10,13,15H,4-7,11H2,1-3H3,(H2,18,19,20)/t13-,15+,23+/m0/s1. The number of hydrogen-bond acceptors (Lipinski definition) is 3. The Bertz CT molecular complexity index is 577. The van der Waals surface area contributed by atoms with Gasteiger partial charge in [0.15, 0.2) is 0 Å².